The molecule has 0 bridgehead atoms. The van der Waals surface area contributed by atoms with Gasteiger partial charge in [0.05, 0.1) is 10.6 Å². The first-order chi connectivity index (χ1) is 10.2. The van der Waals surface area contributed by atoms with Crippen LogP contribution in [0.1, 0.15) is 5.56 Å². The minimum Gasteiger partial charge on any atom is -0.300 e. The maximum absolute atomic E-state index is 12.9. The molecule has 104 valence electrons. The van der Waals surface area contributed by atoms with Crippen molar-refractivity contribution in [2.24, 2.45) is 4.99 Å². The smallest absolute Gasteiger partial charge is 0.289 e. The van der Waals surface area contributed by atoms with Crippen LogP contribution in [-0.2, 0) is 0 Å². The minimum atomic E-state index is -0.323. The molecule has 1 aromatic carbocycles. The number of amides is 1. The molecule has 3 rings (SSSR count). The van der Waals surface area contributed by atoms with Crippen LogP contribution in [0, 0.1) is 5.82 Å². The zero-order valence-electron chi connectivity index (χ0n) is 10.8. The van der Waals surface area contributed by atoms with Gasteiger partial charge in [-0.2, -0.15) is 0 Å². The van der Waals surface area contributed by atoms with E-state index in [1.807, 2.05) is 18.2 Å². The Morgan fingerprint density at radius 3 is 2.57 bits per heavy atom. The van der Waals surface area contributed by atoms with Crippen molar-refractivity contribution in [2.75, 3.05) is 0 Å². The van der Waals surface area contributed by atoms with Crippen LogP contribution in [0.4, 0.5) is 14.9 Å². The third kappa shape index (κ3) is 3.35. The lowest BCUT2D eigenvalue weighted by molar-refractivity contribution is 0.265. The van der Waals surface area contributed by atoms with E-state index in [4.69, 9.17) is 0 Å². The van der Waals surface area contributed by atoms with Gasteiger partial charge in [-0.05, 0) is 59.8 Å². The second-order valence-corrected chi connectivity index (χ2v) is 5.26. The van der Waals surface area contributed by atoms with Crippen molar-refractivity contribution in [2.45, 2.75) is 0 Å². The van der Waals surface area contributed by atoms with Crippen LogP contribution in [-0.4, -0.2) is 16.1 Å². The number of amidine groups is 1. The van der Waals surface area contributed by atoms with Gasteiger partial charge in [-0.1, -0.05) is 0 Å². The van der Waals surface area contributed by atoms with E-state index in [1.165, 1.54) is 12.1 Å². The summed E-state index contributed by atoms with van der Waals surface area (Å²) in [5, 5.41) is 2.50. The number of pyridine rings is 1. The summed E-state index contributed by atoms with van der Waals surface area (Å²) in [5.41, 5.74) is 1.51. The maximum Gasteiger partial charge on any atom is 0.289 e. The molecule has 21 heavy (non-hydrogen) atoms. The molecule has 0 unspecified atom stereocenters. The fourth-order valence-corrected chi connectivity index (χ4v) is 2.50. The largest absolute Gasteiger partial charge is 0.300 e. The number of hydrogen-bond donors (Lipinski definition) is 1. The van der Waals surface area contributed by atoms with E-state index in [2.05, 4.69) is 15.3 Å². The van der Waals surface area contributed by atoms with Crippen LogP contribution < -0.4 is 5.32 Å². The lowest BCUT2D eigenvalue weighted by Crippen LogP contribution is -2.18. The molecule has 1 N–H and O–H groups in total. The summed E-state index contributed by atoms with van der Waals surface area (Å²) in [6.07, 6.45) is 5.21. The van der Waals surface area contributed by atoms with Crippen LogP contribution in [0.2, 0.25) is 0 Å². The van der Waals surface area contributed by atoms with Gasteiger partial charge in [0.15, 0.2) is 0 Å². The van der Waals surface area contributed by atoms with E-state index in [-0.39, 0.29) is 11.1 Å². The first kappa shape index (κ1) is 13.5. The summed E-state index contributed by atoms with van der Waals surface area (Å²) in [6, 6.07) is 9.45. The van der Waals surface area contributed by atoms with E-state index in [0.29, 0.717) is 11.5 Å². The molecule has 0 saturated carbocycles. The van der Waals surface area contributed by atoms with E-state index in [1.54, 1.807) is 24.5 Å². The molecule has 0 atom stereocenters. The van der Waals surface area contributed by atoms with Crippen molar-refractivity contribution in [3.63, 3.8) is 0 Å². The van der Waals surface area contributed by atoms with Gasteiger partial charge in [0.1, 0.15) is 11.7 Å². The summed E-state index contributed by atoms with van der Waals surface area (Å²) in [4.78, 5) is 20.6. The molecule has 2 heterocycles. The van der Waals surface area contributed by atoms with Gasteiger partial charge in [0.2, 0.25) is 0 Å². The number of rotatable bonds is 2. The number of nitrogens with zero attached hydrogens (tertiary/aromatic N) is 2. The molecule has 0 aliphatic carbocycles. The lowest BCUT2D eigenvalue weighted by Gasteiger charge is -2.00. The normalized spacial score (nSPS) is 18.2. The molecule has 1 fully saturated rings. The highest BCUT2D eigenvalue weighted by atomic mass is 32.2. The molecular weight excluding hydrogens is 289 g/mol. The topological polar surface area (TPSA) is 54.4 Å². The zero-order valence-corrected chi connectivity index (χ0v) is 11.6. The van der Waals surface area contributed by atoms with Crippen molar-refractivity contribution in [3.05, 3.63) is 65.1 Å². The Morgan fingerprint density at radius 2 is 1.86 bits per heavy atom. The SMILES string of the molecule is O=C1NC(=Nc2ccc(F)cc2)C(=Cc2ccncc2)S1. The molecule has 6 heteroatoms. The molecular formula is C15H10FN3OS. The van der Waals surface area contributed by atoms with Gasteiger partial charge in [-0.25, -0.2) is 9.38 Å². The maximum atomic E-state index is 12.9. The molecule has 0 spiro atoms. The van der Waals surface area contributed by atoms with Crippen molar-refractivity contribution in [3.8, 4) is 0 Å². The second kappa shape index (κ2) is 5.88. The third-order valence-corrected chi connectivity index (χ3v) is 3.55. The predicted octanol–water partition coefficient (Wildman–Crippen LogP) is 3.75. The zero-order chi connectivity index (χ0) is 14.7. The Labute approximate surface area is 124 Å². The Kier molecular flexibility index (Phi) is 3.79. The highest BCUT2D eigenvalue weighted by Crippen LogP contribution is 2.28. The first-order valence-electron chi connectivity index (χ1n) is 6.16. The Morgan fingerprint density at radius 1 is 1.14 bits per heavy atom. The lowest BCUT2D eigenvalue weighted by atomic mass is 10.2. The van der Waals surface area contributed by atoms with E-state index in [0.717, 1.165) is 22.2 Å². The Balaban J connectivity index is 1.94. The highest BCUT2D eigenvalue weighted by molar-refractivity contribution is 8.18. The predicted molar refractivity (Wildman–Crippen MR) is 81.8 cm³/mol. The first-order valence-corrected chi connectivity index (χ1v) is 6.97. The Hall–Kier alpha value is -2.47. The molecule has 1 aliphatic heterocycles. The molecule has 1 saturated heterocycles. The number of carbonyl (C=O) groups is 1. The van der Waals surface area contributed by atoms with Crippen molar-refractivity contribution in [1.82, 2.24) is 10.3 Å². The van der Waals surface area contributed by atoms with Crippen molar-refractivity contribution in [1.29, 1.82) is 0 Å². The summed E-state index contributed by atoms with van der Waals surface area (Å²) in [5.74, 6) is 0.143. The van der Waals surface area contributed by atoms with E-state index < -0.39 is 0 Å². The number of hydrogen-bond acceptors (Lipinski definition) is 4. The number of aromatic nitrogens is 1. The standard InChI is InChI=1S/C15H10FN3OS/c16-11-1-3-12(4-2-11)18-14-13(21-15(20)19-14)9-10-5-7-17-8-6-10/h1-9H,(H,18,19,20). The molecule has 1 aromatic heterocycles. The van der Waals surface area contributed by atoms with Gasteiger partial charge in [-0.15, -0.1) is 0 Å². The van der Waals surface area contributed by atoms with Crippen LogP contribution >= 0.6 is 11.8 Å². The molecule has 4 nitrogen and oxygen atoms in total. The van der Waals surface area contributed by atoms with Crippen LogP contribution in [0.25, 0.3) is 6.08 Å². The molecule has 1 aliphatic rings. The summed E-state index contributed by atoms with van der Waals surface area (Å²) in [6.45, 7) is 0. The second-order valence-electron chi connectivity index (χ2n) is 4.24. The molecule has 1 amide bonds. The van der Waals surface area contributed by atoms with Gasteiger partial charge >= 0.3 is 0 Å². The number of aliphatic imine (C=N–C) groups is 1. The number of thioether (sulfide) groups is 1. The average Bonchev–Trinajstić information content (AvgIpc) is 2.82. The minimum absolute atomic E-state index is 0.184. The van der Waals surface area contributed by atoms with Gasteiger partial charge in [0, 0.05) is 12.4 Å². The fraction of sp³-hybridized carbons (Fsp3) is 0. The highest BCUT2D eigenvalue weighted by Gasteiger charge is 2.23. The average molecular weight is 299 g/mol. The van der Waals surface area contributed by atoms with E-state index in [9.17, 15) is 9.18 Å². The summed E-state index contributed by atoms with van der Waals surface area (Å²) >= 11 is 1.08. The number of halogens is 1. The Bertz CT molecular complexity index is 726. The summed E-state index contributed by atoms with van der Waals surface area (Å²) < 4.78 is 12.9. The quantitative estimate of drug-likeness (QED) is 0.919. The number of carbonyl (C=O) groups excluding carboxylic acids is 1. The van der Waals surface area contributed by atoms with Gasteiger partial charge in [-0.3, -0.25) is 9.78 Å². The number of nitrogens with one attached hydrogen (secondary N) is 1. The number of benzene rings is 1. The third-order valence-electron chi connectivity index (χ3n) is 2.73. The molecule has 2 aromatic rings. The van der Waals surface area contributed by atoms with Gasteiger partial charge in [0.25, 0.3) is 5.24 Å². The van der Waals surface area contributed by atoms with Crippen molar-refractivity contribution < 1.29 is 9.18 Å². The summed E-state index contributed by atoms with van der Waals surface area (Å²) in [7, 11) is 0. The van der Waals surface area contributed by atoms with E-state index >= 15 is 0 Å². The van der Waals surface area contributed by atoms with Crippen molar-refractivity contribution >= 4 is 34.6 Å². The van der Waals surface area contributed by atoms with Crippen LogP contribution in [0.15, 0.2) is 58.7 Å². The van der Waals surface area contributed by atoms with Gasteiger partial charge < -0.3 is 5.32 Å². The van der Waals surface area contributed by atoms with Crippen LogP contribution in [0.5, 0.6) is 0 Å². The fourth-order valence-electron chi connectivity index (χ4n) is 1.77. The monoisotopic (exact) mass is 299 g/mol. The molecule has 0 radical (unpaired) electrons. The van der Waals surface area contributed by atoms with Crippen LogP contribution in [0.3, 0.4) is 0 Å².